The Morgan fingerprint density at radius 1 is 1.38 bits per heavy atom. The molecule has 1 aromatic rings. The number of aliphatic carboxylic acids is 1. The van der Waals surface area contributed by atoms with Crippen molar-refractivity contribution in [2.45, 2.75) is 20.3 Å². The predicted molar refractivity (Wildman–Crippen MR) is 65.7 cm³/mol. The molecule has 0 unspecified atom stereocenters. The fourth-order valence-corrected chi connectivity index (χ4v) is 1.61. The van der Waals surface area contributed by atoms with E-state index < -0.39 is 5.97 Å². The second-order valence-electron chi connectivity index (χ2n) is 4.46. The van der Waals surface area contributed by atoms with Crippen LogP contribution in [-0.4, -0.2) is 11.1 Å². The maximum absolute atomic E-state index is 10.4. The lowest BCUT2D eigenvalue weighted by Crippen LogP contribution is -2.12. The monoisotopic (exact) mass is 238 g/mol. The van der Waals surface area contributed by atoms with Crippen LogP contribution in [-0.2, 0) is 11.2 Å². The summed E-state index contributed by atoms with van der Waals surface area (Å²) in [5.41, 5.74) is 0.969. The maximum Gasteiger partial charge on any atom is 0.327 e. The van der Waals surface area contributed by atoms with Crippen LogP contribution in [0.5, 0.6) is 0 Å². The van der Waals surface area contributed by atoms with Crippen molar-refractivity contribution in [3.05, 3.63) is 47.0 Å². The average molecular weight is 239 g/mol. The molecule has 0 saturated carbocycles. The topological polar surface area (TPSA) is 37.3 Å². The standard InChI is InChI=1S/C13H15ClO2/c1-13(2,8-7-12(15)16)9-10-3-5-11(14)6-4-10/h3-8H,9H2,1-2H3,(H,15,16)/b8-7+. The van der Waals surface area contributed by atoms with E-state index in [1.165, 1.54) is 6.08 Å². The molecule has 0 bridgehead atoms. The lowest BCUT2D eigenvalue weighted by Gasteiger charge is -2.19. The Morgan fingerprint density at radius 3 is 2.44 bits per heavy atom. The van der Waals surface area contributed by atoms with Crippen LogP contribution in [0, 0.1) is 5.41 Å². The van der Waals surface area contributed by atoms with E-state index >= 15 is 0 Å². The van der Waals surface area contributed by atoms with Crippen LogP contribution in [0.2, 0.25) is 5.02 Å². The summed E-state index contributed by atoms with van der Waals surface area (Å²) >= 11 is 5.79. The van der Waals surface area contributed by atoms with Crippen LogP contribution in [0.3, 0.4) is 0 Å². The van der Waals surface area contributed by atoms with Crippen LogP contribution >= 0.6 is 11.6 Å². The molecule has 0 atom stereocenters. The van der Waals surface area contributed by atoms with Crippen molar-refractivity contribution in [3.63, 3.8) is 0 Å². The number of carboxylic acid groups (broad SMARTS) is 1. The van der Waals surface area contributed by atoms with E-state index in [1.54, 1.807) is 6.08 Å². The summed E-state index contributed by atoms with van der Waals surface area (Å²) in [6.45, 7) is 4.00. The molecule has 1 aromatic carbocycles. The molecule has 0 amide bonds. The molecule has 0 aromatic heterocycles. The van der Waals surface area contributed by atoms with E-state index in [2.05, 4.69) is 0 Å². The Kier molecular flexibility index (Phi) is 4.13. The van der Waals surface area contributed by atoms with Gasteiger partial charge < -0.3 is 5.11 Å². The van der Waals surface area contributed by atoms with Crippen molar-refractivity contribution < 1.29 is 9.90 Å². The summed E-state index contributed by atoms with van der Waals surface area (Å²) < 4.78 is 0. The third-order valence-corrected chi connectivity index (χ3v) is 2.50. The van der Waals surface area contributed by atoms with Crippen LogP contribution in [0.1, 0.15) is 19.4 Å². The Labute approximate surface area is 101 Å². The minimum Gasteiger partial charge on any atom is -0.478 e. The smallest absolute Gasteiger partial charge is 0.327 e. The number of hydrogen-bond donors (Lipinski definition) is 1. The predicted octanol–water partition coefficient (Wildman–Crippen LogP) is 3.55. The number of carbonyl (C=O) groups is 1. The number of benzene rings is 1. The molecule has 0 aliphatic carbocycles. The highest BCUT2D eigenvalue weighted by Crippen LogP contribution is 2.24. The molecular formula is C13H15ClO2. The molecule has 0 aliphatic heterocycles. The van der Waals surface area contributed by atoms with Gasteiger partial charge in [-0.15, -0.1) is 0 Å². The minimum atomic E-state index is -0.913. The van der Waals surface area contributed by atoms with E-state index in [1.807, 2.05) is 38.1 Å². The molecule has 0 aliphatic rings. The second kappa shape index (κ2) is 5.17. The van der Waals surface area contributed by atoms with E-state index in [0.29, 0.717) is 5.02 Å². The van der Waals surface area contributed by atoms with Gasteiger partial charge in [0.1, 0.15) is 0 Å². The lowest BCUT2D eigenvalue weighted by atomic mass is 9.85. The Bertz CT molecular complexity index is 391. The van der Waals surface area contributed by atoms with Gasteiger partial charge in [-0.1, -0.05) is 43.7 Å². The zero-order chi connectivity index (χ0) is 12.2. The fourth-order valence-electron chi connectivity index (χ4n) is 1.48. The summed E-state index contributed by atoms with van der Waals surface area (Å²) in [6, 6.07) is 7.60. The van der Waals surface area contributed by atoms with E-state index in [-0.39, 0.29) is 5.41 Å². The van der Waals surface area contributed by atoms with Gasteiger partial charge in [0.25, 0.3) is 0 Å². The quantitative estimate of drug-likeness (QED) is 0.815. The summed E-state index contributed by atoms with van der Waals surface area (Å²) in [5.74, 6) is -0.913. The number of carboxylic acids is 1. The average Bonchev–Trinajstić information content (AvgIpc) is 2.19. The van der Waals surface area contributed by atoms with Crippen LogP contribution in [0.25, 0.3) is 0 Å². The maximum atomic E-state index is 10.4. The van der Waals surface area contributed by atoms with Crippen molar-refractivity contribution >= 4 is 17.6 Å². The van der Waals surface area contributed by atoms with Gasteiger partial charge in [-0.05, 0) is 29.5 Å². The molecule has 86 valence electrons. The first-order valence-electron chi connectivity index (χ1n) is 5.06. The van der Waals surface area contributed by atoms with E-state index in [0.717, 1.165) is 12.0 Å². The SMILES string of the molecule is CC(C)(/C=C/C(=O)O)Cc1ccc(Cl)cc1. The van der Waals surface area contributed by atoms with Gasteiger partial charge in [0.15, 0.2) is 0 Å². The summed E-state index contributed by atoms with van der Waals surface area (Å²) in [6.07, 6.45) is 3.69. The fraction of sp³-hybridized carbons (Fsp3) is 0.308. The highest BCUT2D eigenvalue weighted by Gasteiger charge is 2.15. The van der Waals surface area contributed by atoms with Crippen molar-refractivity contribution in [1.29, 1.82) is 0 Å². The largest absolute Gasteiger partial charge is 0.478 e. The van der Waals surface area contributed by atoms with Crippen molar-refractivity contribution in [1.82, 2.24) is 0 Å². The lowest BCUT2D eigenvalue weighted by molar-refractivity contribution is -0.131. The first-order valence-corrected chi connectivity index (χ1v) is 5.43. The van der Waals surface area contributed by atoms with Crippen molar-refractivity contribution in [3.8, 4) is 0 Å². The Morgan fingerprint density at radius 2 is 1.94 bits per heavy atom. The molecule has 0 spiro atoms. The molecule has 1 rings (SSSR count). The third kappa shape index (κ3) is 4.49. The van der Waals surface area contributed by atoms with E-state index in [9.17, 15) is 4.79 Å². The molecule has 16 heavy (non-hydrogen) atoms. The summed E-state index contributed by atoms with van der Waals surface area (Å²) in [4.78, 5) is 10.4. The van der Waals surface area contributed by atoms with Crippen LogP contribution in [0.15, 0.2) is 36.4 Å². The zero-order valence-electron chi connectivity index (χ0n) is 9.40. The molecule has 3 heteroatoms. The van der Waals surface area contributed by atoms with Crippen molar-refractivity contribution in [2.24, 2.45) is 5.41 Å². The minimum absolute atomic E-state index is 0.174. The Balaban J connectivity index is 2.72. The third-order valence-electron chi connectivity index (χ3n) is 2.25. The van der Waals surface area contributed by atoms with Crippen LogP contribution < -0.4 is 0 Å². The zero-order valence-corrected chi connectivity index (χ0v) is 10.2. The molecule has 2 nitrogen and oxygen atoms in total. The summed E-state index contributed by atoms with van der Waals surface area (Å²) in [7, 11) is 0. The number of rotatable bonds is 4. The first-order chi connectivity index (χ1) is 7.39. The van der Waals surface area contributed by atoms with Gasteiger partial charge >= 0.3 is 5.97 Å². The van der Waals surface area contributed by atoms with Gasteiger partial charge in [-0.25, -0.2) is 4.79 Å². The van der Waals surface area contributed by atoms with Gasteiger partial charge in [-0.2, -0.15) is 0 Å². The summed E-state index contributed by atoms with van der Waals surface area (Å²) in [5, 5.41) is 9.29. The van der Waals surface area contributed by atoms with Crippen molar-refractivity contribution in [2.75, 3.05) is 0 Å². The van der Waals surface area contributed by atoms with Gasteiger partial charge in [-0.3, -0.25) is 0 Å². The second-order valence-corrected chi connectivity index (χ2v) is 4.90. The number of halogens is 1. The molecule has 0 heterocycles. The molecular weight excluding hydrogens is 224 g/mol. The van der Waals surface area contributed by atoms with Gasteiger partial charge in [0.05, 0.1) is 0 Å². The normalized spacial score (nSPS) is 11.9. The molecule has 0 fully saturated rings. The molecule has 0 saturated heterocycles. The molecule has 1 N–H and O–H groups in total. The highest BCUT2D eigenvalue weighted by molar-refractivity contribution is 6.30. The first kappa shape index (κ1) is 12.8. The Hall–Kier alpha value is -1.28. The van der Waals surface area contributed by atoms with E-state index in [4.69, 9.17) is 16.7 Å². The van der Waals surface area contributed by atoms with Gasteiger partial charge in [0.2, 0.25) is 0 Å². The number of hydrogen-bond acceptors (Lipinski definition) is 1. The van der Waals surface area contributed by atoms with Crippen LogP contribution in [0.4, 0.5) is 0 Å². The highest BCUT2D eigenvalue weighted by atomic mass is 35.5. The molecule has 0 radical (unpaired) electrons. The van der Waals surface area contributed by atoms with Gasteiger partial charge in [0, 0.05) is 11.1 Å². The number of allylic oxidation sites excluding steroid dienone is 1.